The number of aromatic nitrogens is 3. The lowest BCUT2D eigenvalue weighted by Gasteiger charge is -2.10. The van der Waals surface area contributed by atoms with Gasteiger partial charge in [0.1, 0.15) is 16.6 Å². The Hall–Kier alpha value is -2.82. The molecule has 0 aliphatic rings. The average Bonchev–Trinajstić information content (AvgIpc) is 3.40. The molecule has 1 aromatic carbocycles. The topological polar surface area (TPSA) is 95.3 Å². The molecule has 0 spiro atoms. The molecule has 1 amide bonds. The fraction of sp³-hybridized carbons (Fsp3) is 0.385. The van der Waals surface area contributed by atoms with Crippen LogP contribution in [0.2, 0.25) is 5.02 Å². The Bertz CT molecular complexity index is 1270. The van der Waals surface area contributed by atoms with Gasteiger partial charge in [-0.05, 0) is 56.0 Å². The van der Waals surface area contributed by atoms with Gasteiger partial charge in [-0.1, -0.05) is 36.4 Å². The molecule has 0 bridgehead atoms. The minimum atomic E-state index is -0.449. The van der Waals surface area contributed by atoms with Gasteiger partial charge in [0.05, 0.1) is 25.0 Å². The van der Waals surface area contributed by atoms with E-state index in [0.29, 0.717) is 46.7 Å². The Kier molecular flexibility index (Phi) is 10.6. The summed E-state index contributed by atoms with van der Waals surface area (Å²) in [6.45, 7) is 10.7. The van der Waals surface area contributed by atoms with Crippen molar-refractivity contribution in [3.63, 3.8) is 0 Å². The Labute approximate surface area is 230 Å². The number of hydrogen-bond donors (Lipinski definition) is 1. The summed E-state index contributed by atoms with van der Waals surface area (Å²) in [4.78, 5) is 26.0. The van der Waals surface area contributed by atoms with E-state index in [1.54, 1.807) is 6.08 Å². The highest BCUT2D eigenvalue weighted by Gasteiger charge is 2.23. The SMILES string of the molecule is C=CCn1c(CCCOc2ccc(Cl)cc2C)nnc1SCC(=O)Nc1sc(C)c(CC)c1C(=O)OC. The van der Waals surface area contributed by atoms with Crippen LogP contribution in [0.5, 0.6) is 5.75 Å². The molecular formula is C26H31ClN4O4S2. The van der Waals surface area contributed by atoms with Crippen LogP contribution in [0, 0.1) is 13.8 Å². The first-order valence-corrected chi connectivity index (χ1v) is 14.0. The lowest BCUT2D eigenvalue weighted by molar-refractivity contribution is -0.113. The van der Waals surface area contributed by atoms with Gasteiger partial charge < -0.3 is 19.4 Å². The fourth-order valence-electron chi connectivity index (χ4n) is 3.81. The molecule has 0 saturated heterocycles. The smallest absolute Gasteiger partial charge is 0.341 e. The lowest BCUT2D eigenvalue weighted by atomic mass is 10.1. The number of nitrogens with one attached hydrogen (secondary N) is 1. The number of halogens is 1. The van der Waals surface area contributed by atoms with Crippen LogP contribution in [0.15, 0.2) is 36.0 Å². The van der Waals surface area contributed by atoms with Crippen LogP contribution in [-0.2, 0) is 28.9 Å². The molecule has 37 heavy (non-hydrogen) atoms. The molecule has 198 valence electrons. The summed E-state index contributed by atoms with van der Waals surface area (Å²) < 4.78 is 12.8. The van der Waals surface area contributed by atoms with E-state index in [0.717, 1.165) is 34.0 Å². The molecule has 0 radical (unpaired) electrons. The van der Waals surface area contributed by atoms with Crippen molar-refractivity contribution in [2.45, 2.75) is 51.7 Å². The molecule has 3 aromatic rings. The highest BCUT2D eigenvalue weighted by Crippen LogP contribution is 2.34. The van der Waals surface area contributed by atoms with Gasteiger partial charge in [0.25, 0.3) is 0 Å². The molecular weight excluding hydrogens is 532 g/mol. The zero-order valence-corrected chi connectivity index (χ0v) is 23.8. The van der Waals surface area contributed by atoms with Crippen LogP contribution in [0.3, 0.4) is 0 Å². The number of thiophene rings is 1. The van der Waals surface area contributed by atoms with E-state index in [1.165, 1.54) is 30.2 Å². The second kappa shape index (κ2) is 13.6. The zero-order chi connectivity index (χ0) is 26.9. The quantitative estimate of drug-likeness (QED) is 0.120. The monoisotopic (exact) mass is 562 g/mol. The highest BCUT2D eigenvalue weighted by molar-refractivity contribution is 7.99. The summed E-state index contributed by atoms with van der Waals surface area (Å²) in [6.07, 6.45) is 3.86. The molecule has 0 fully saturated rings. The molecule has 0 aliphatic carbocycles. The number of hydrogen-bond acceptors (Lipinski definition) is 8. The number of thioether (sulfide) groups is 1. The summed E-state index contributed by atoms with van der Waals surface area (Å²) in [6, 6.07) is 5.55. The molecule has 0 atom stereocenters. The van der Waals surface area contributed by atoms with Gasteiger partial charge in [-0.3, -0.25) is 4.79 Å². The van der Waals surface area contributed by atoms with Crippen molar-refractivity contribution in [2.24, 2.45) is 0 Å². The maximum atomic E-state index is 12.7. The maximum absolute atomic E-state index is 12.7. The normalized spacial score (nSPS) is 10.8. The summed E-state index contributed by atoms with van der Waals surface area (Å²) >= 11 is 8.67. The number of esters is 1. The minimum absolute atomic E-state index is 0.118. The Balaban J connectivity index is 1.59. The van der Waals surface area contributed by atoms with Crippen molar-refractivity contribution in [1.82, 2.24) is 14.8 Å². The van der Waals surface area contributed by atoms with E-state index in [-0.39, 0.29) is 11.7 Å². The van der Waals surface area contributed by atoms with Crippen molar-refractivity contribution in [1.29, 1.82) is 0 Å². The maximum Gasteiger partial charge on any atom is 0.341 e. The number of nitrogens with zero attached hydrogens (tertiary/aromatic N) is 3. The lowest BCUT2D eigenvalue weighted by Crippen LogP contribution is -2.16. The number of carbonyl (C=O) groups excluding carboxylic acids is 2. The number of benzene rings is 1. The first-order chi connectivity index (χ1) is 17.8. The van der Waals surface area contributed by atoms with E-state index in [4.69, 9.17) is 21.1 Å². The molecule has 2 aromatic heterocycles. The van der Waals surface area contributed by atoms with Gasteiger partial charge in [-0.25, -0.2) is 4.79 Å². The van der Waals surface area contributed by atoms with E-state index in [9.17, 15) is 9.59 Å². The van der Waals surface area contributed by atoms with Gasteiger partial charge in [0.2, 0.25) is 5.91 Å². The Morgan fingerprint density at radius 2 is 2.08 bits per heavy atom. The number of allylic oxidation sites excluding steroid dienone is 1. The van der Waals surface area contributed by atoms with Gasteiger partial charge in [0, 0.05) is 22.9 Å². The highest BCUT2D eigenvalue weighted by atomic mass is 35.5. The first-order valence-electron chi connectivity index (χ1n) is 11.8. The average molecular weight is 563 g/mol. The molecule has 2 heterocycles. The standard InChI is InChI=1S/C26H31ClN4O4S2/c1-6-12-31-21(9-8-13-35-20-11-10-18(27)14-16(20)3)29-30-26(31)36-15-22(32)28-24-23(25(33)34-5)19(7-2)17(4)37-24/h6,10-11,14H,1,7-9,12-13,15H2,2-5H3,(H,28,32). The summed E-state index contributed by atoms with van der Waals surface area (Å²) in [5, 5.41) is 13.3. The molecule has 1 N–H and O–H groups in total. The van der Waals surface area contributed by atoms with Gasteiger partial charge in [-0.15, -0.1) is 28.1 Å². The Morgan fingerprint density at radius 3 is 2.76 bits per heavy atom. The molecule has 11 heteroatoms. The predicted octanol–water partition coefficient (Wildman–Crippen LogP) is 5.89. The van der Waals surface area contributed by atoms with Crippen LogP contribution in [0.25, 0.3) is 0 Å². The van der Waals surface area contributed by atoms with E-state index < -0.39 is 5.97 Å². The van der Waals surface area contributed by atoms with Gasteiger partial charge in [-0.2, -0.15) is 0 Å². The molecule has 3 rings (SSSR count). The molecule has 0 aliphatic heterocycles. The molecule has 8 nitrogen and oxygen atoms in total. The largest absolute Gasteiger partial charge is 0.493 e. The summed E-state index contributed by atoms with van der Waals surface area (Å²) in [5.74, 6) is 1.04. The van der Waals surface area contributed by atoms with Crippen LogP contribution >= 0.6 is 34.7 Å². The fourth-order valence-corrected chi connectivity index (χ4v) is 5.96. The van der Waals surface area contributed by atoms with Crippen molar-refractivity contribution in [3.8, 4) is 5.75 Å². The van der Waals surface area contributed by atoms with Crippen molar-refractivity contribution in [2.75, 3.05) is 24.8 Å². The third-order valence-electron chi connectivity index (χ3n) is 5.58. The van der Waals surface area contributed by atoms with E-state index in [1.807, 2.05) is 43.5 Å². The van der Waals surface area contributed by atoms with E-state index in [2.05, 4.69) is 22.1 Å². The van der Waals surface area contributed by atoms with Gasteiger partial charge >= 0.3 is 5.97 Å². The number of amides is 1. The molecule has 0 unspecified atom stereocenters. The number of aryl methyl sites for hydroxylation is 3. The summed E-state index contributed by atoms with van der Waals surface area (Å²) in [7, 11) is 1.34. The summed E-state index contributed by atoms with van der Waals surface area (Å²) in [5.41, 5.74) is 2.31. The number of methoxy groups -OCH3 is 1. The molecule has 0 saturated carbocycles. The minimum Gasteiger partial charge on any atom is -0.493 e. The third-order valence-corrected chi connectivity index (χ3v) is 7.85. The van der Waals surface area contributed by atoms with E-state index >= 15 is 0 Å². The Morgan fingerprint density at radius 1 is 1.30 bits per heavy atom. The zero-order valence-electron chi connectivity index (χ0n) is 21.4. The van der Waals surface area contributed by atoms with Gasteiger partial charge in [0.15, 0.2) is 5.16 Å². The van der Waals surface area contributed by atoms with Crippen molar-refractivity contribution >= 4 is 51.6 Å². The third kappa shape index (κ3) is 7.37. The predicted molar refractivity (Wildman–Crippen MR) is 149 cm³/mol. The number of rotatable bonds is 13. The second-order valence-corrected chi connectivity index (χ2v) is 10.8. The number of ether oxygens (including phenoxy) is 2. The number of anilines is 1. The van der Waals surface area contributed by atoms with Crippen LogP contribution in [0.1, 0.15) is 45.5 Å². The number of carbonyl (C=O) groups is 2. The van der Waals surface area contributed by atoms with Crippen molar-refractivity contribution < 1.29 is 19.1 Å². The van der Waals surface area contributed by atoms with Crippen molar-refractivity contribution in [3.05, 3.63) is 63.3 Å². The van der Waals surface area contributed by atoms with Crippen LogP contribution in [-0.4, -0.2) is 46.1 Å². The second-order valence-electron chi connectivity index (χ2n) is 8.18. The van der Waals surface area contributed by atoms with Crippen LogP contribution < -0.4 is 10.1 Å². The first kappa shape index (κ1) is 28.7. The van der Waals surface area contributed by atoms with Crippen LogP contribution in [0.4, 0.5) is 5.00 Å².